The summed E-state index contributed by atoms with van der Waals surface area (Å²) in [4.78, 5) is 33.4. The molecule has 1 atom stereocenters. The first-order valence-corrected chi connectivity index (χ1v) is 11.1. The van der Waals surface area contributed by atoms with Crippen LogP contribution in [0, 0.1) is 0 Å². The number of nitrogens with one attached hydrogen (secondary N) is 1. The van der Waals surface area contributed by atoms with Crippen LogP contribution in [0.25, 0.3) is 0 Å². The van der Waals surface area contributed by atoms with E-state index in [1.165, 1.54) is 11.1 Å². The van der Waals surface area contributed by atoms with E-state index in [0.717, 1.165) is 0 Å². The number of nitrogen functional groups attached to an aromatic ring is 1. The second-order valence-corrected chi connectivity index (χ2v) is 8.04. The number of nitrogens with two attached hydrogens (primary N) is 2. The van der Waals surface area contributed by atoms with E-state index in [1.807, 2.05) is 18.2 Å². The van der Waals surface area contributed by atoms with Crippen molar-refractivity contribution in [1.82, 2.24) is 9.88 Å². The maximum absolute atomic E-state index is 12.5. The number of carbonyl (C=O) groups is 2. The van der Waals surface area contributed by atoms with Crippen molar-refractivity contribution in [2.45, 2.75) is 18.9 Å². The van der Waals surface area contributed by atoms with Crippen molar-refractivity contribution in [2.24, 2.45) is 10.7 Å². The molecule has 36 heavy (non-hydrogen) atoms. The van der Waals surface area contributed by atoms with Crippen molar-refractivity contribution in [3.05, 3.63) is 78.0 Å². The molecule has 5 N–H and O–H groups in total. The molecule has 1 aromatic heterocycles. The van der Waals surface area contributed by atoms with E-state index in [2.05, 4.69) is 15.3 Å². The predicted octanol–water partition coefficient (Wildman–Crippen LogP) is -0.775. The number of benzene rings is 2. The Morgan fingerprint density at radius 2 is 1.83 bits per heavy atom. The van der Waals surface area contributed by atoms with Crippen LogP contribution in [0.5, 0.6) is 11.5 Å². The fraction of sp³-hybridized carbons (Fsp3) is 0.200. The van der Waals surface area contributed by atoms with Crippen LogP contribution in [0.4, 0.5) is 16.3 Å². The van der Waals surface area contributed by atoms with Gasteiger partial charge >= 0.3 is 58.2 Å². The minimum atomic E-state index is -1.23. The summed E-state index contributed by atoms with van der Waals surface area (Å²) in [5.41, 5.74) is 13.8. The molecule has 1 aliphatic heterocycles. The molecule has 2 aromatic carbocycles. The van der Waals surface area contributed by atoms with Gasteiger partial charge in [-0.3, -0.25) is 9.79 Å². The number of aromatic nitrogens is 1. The molecule has 0 radical (unpaired) electrons. The smallest absolute Gasteiger partial charge is 0.530 e. The summed E-state index contributed by atoms with van der Waals surface area (Å²) in [6, 6.07) is 17.1. The molecular formula is C25H25N6O4Rb. The van der Waals surface area contributed by atoms with Crippen LogP contribution < -0.4 is 84.8 Å². The molecule has 1 saturated heterocycles. The Hall–Kier alpha value is -2.79. The van der Waals surface area contributed by atoms with Crippen LogP contribution in [0.2, 0.25) is 0 Å². The van der Waals surface area contributed by atoms with Gasteiger partial charge in [-0.25, -0.2) is 4.98 Å². The number of amidine groups is 1. The second kappa shape index (κ2) is 13.0. The molecule has 10 nitrogen and oxygen atoms in total. The van der Waals surface area contributed by atoms with E-state index < -0.39 is 6.09 Å². The molecule has 0 bridgehead atoms. The molecule has 2 amide bonds. The van der Waals surface area contributed by atoms with Gasteiger partial charge in [0.1, 0.15) is 34.8 Å². The van der Waals surface area contributed by atoms with E-state index in [9.17, 15) is 14.7 Å². The SMILES string of the molecule is NC(=NC1CCCN(C(=O)[O-])C1)c1c(Oc2ccc(C(=O)Nc3ccccc3)cc2)ccnc1N.[Rb+]. The Balaban J connectivity index is 0.00000361. The van der Waals surface area contributed by atoms with Gasteiger partial charge in [-0.05, 0) is 49.2 Å². The topological polar surface area (TPSA) is 159 Å². The van der Waals surface area contributed by atoms with Crippen LogP contribution in [0.1, 0.15) is 28.8 Å². The summed E-state index contributed by atoms with van der Waals surface area (Å²) in [5.74, 6) is 0.797. The number of para-hydroxylation sites is 1. The molecule has 11 heteroatoms. The molecule has 0 saturated carbocycles. The molecule has 3 aromatic rings. The van der Waals surface area contributed by atoms with Crippen LogP contribution in [-0.4, -0.2) is 46.9 Å². The Morgan fingerprint density at radius 1 is 1.11 bits per heavy atom. The standard InChI is InChI=1S/C25H26N6O4.Rb/c26-22-21(23(27)29-18-7-4-14-31(15-18)25(33)34)20(12-13-28-22)35-19-10-8-16(9-11-19)24(32)30-17-5-2-1-3-6-17;/h1-3,5-6,8-13,18H,4,7,14-15H2,(H2,26,28)(H2,27,29)(H,30,32)(H,33,34);/q;+1/p-1. The number of amides is 2. The third-order valence-electron chi connectivity index (χ3n) is 5.55. The maximum atomic E-state index is 12.5. The summed E-state index contributed by atoms with van der Waals surface area (Å²) in [6.45, 7) is 0.614. The van der Waals surface area contributed by atoms with Gasteiger partial charge < -0.3 is 36.3 Å². The van der Waals surface area contributed by atoms with Crippen molar-refractivity contribution in [3.63, 3.8) is 0 Å². The zero-order valence-electron chi connectivity index (χ0n) is 19.9. The van der Waals surface area contributed by atoms with Gasteiger partial charge in [-0.2, -0.15) is 0 Å². The summed E-state index contributed by atoms with van der Waals surface area (Å²) < 4.78 is 5.99. The van der Waals surface area contributed by atoms with E-state index >= 15 is 0 Å². The van der Waals surface area contributed by atoms with Gasteiger partial charge in [-0.1, -0.05) is 18.2 Å². The third kappa shape index (κ3) is 7.13. The van der Waals surface area contributed by atoms with E-state index in [-0.39, 0.29) is 88.3 Å². The number of pyridine rings is 1. The Bertz CT molecular complexity index is 1240. The van der Waals surface area contributed by atoms with Crippen molar-refractivity contribution in [2.75, 3.05) is 24.1 Å². The predicted molar refractivity (Wildman–Crippen MR) is 130 cm³/mol. The van der Waals surface area contributed by atoms with E-state index in [1.54, 1.807) is 42.5 Å². The molecule has 1 unspecified atom stereocenters. The van der Waals surface area contributed by atoms with Gasteiger partial charge in [0, 0.05) is 36.6 Å². The number of aliphatic imine (C=N–C) groups is 1. The van der Waals surface area contributed by atoms with Crippen molar-refractivity contribution >= 4 is 29.3 Å². The number of carbonyl (C=O) groups excluding carboxylic acids is 2. The summed E-state index contributed by atoms with van der Waals surface area (Å²) in [7, 11) is 0. The number of nitrogens with zero attached hydrogens (tertiary/aromatic N) is 3. The first-order chi connectivity index (χ1) is 16.9. The average molecular weight is 559 g/mol. The van der Waals surface area contributed by atoms with Gasteiger partial charge in [0.2, 0.25) is 0 Å². The molecule has 180 valence electrons. The van der Waals surface area contributed by atoms with Gasteiger partial charge in [-0.15, -0.1) is 0 Å². The number of anilines is 2. The molecular weight excluding hydrogens is 534 g/mol. The van der Waals surface area contributed by atoms with Crippen LogP contribution in [-0.2, 0) is 0 Å². The maximum Gasteiger partial charge on any atom is 1.00 e. The quantitative estimate of drug-likeness (QED) is 0.264. The minimum Gasteiger partial charge on any atom is -0.530 e. The normalized spacial score (nSPS) is 15.5. The monoisotopic (exact) mass is 558 g/mol. The second-order valence-electron chi connectivity index (χ2n) is 8.04. The summed E-state index contributed by atoms with van der Waals surface area (Å²) in [6.07, 6.45) is 1.61. The minimum absolute atomic E-state index is 0. The molecule has 1 fully saturated rings. The molecule has 0 aliphatic carbocycles. The fourth-order valence-electron chi connectivity index (χ4n) is 3.82. The summed E-state index contributed by atoms with van der Waals surface area (Å²) in [5, 5.41) is 14.0. The number of hydrogen-bond donors (Lipinski definition) is 3. The largest absolute Gasteiger partial charge is 1.00 e. The molecule has 2 heterocycles. The molecule has 0 spiro atoms. The Morgan fingerprint density at radius 3 is 2.53 bits per heavy atom. The molecule has 4 rings (SSSR count). The number of rotatable bonds is 6. The number of likely N-dealkylation sites (tertiary alicyclic amines) is 1. The van der Waals surface area contributed by atoms with Gasteiger partial charge in [0.15, 0.2) is 0 Å². The Labute approximate surface area is 257 Å². The number of piperidine rings is 1. The van der Waals surface area contributed by atoms with E-state index in [0.29, 0.717) is 47.7 Å². The van der Waals surface area contributed by atoms with Gasteiger partial charge in [0.25, 0.3) is 5.91 Å². The van der Waals surface area contributed by atoms with Crippen molar-refractivity contribution in [1.29, 1.82) is 0 Å². The first-order valence-electron chi connectivity index (χ1n) is 11.1. The number of ether oxygens (including phenoxy) is 1. The van der Waals surface area contributed by atoms with Gasteiger partial charge in [0.05, 0.1) is 6.04 Å². The number of carboxylic acid groups (broad SMARTS) is 1. The first kappa shape index (κ1) is 27.8. The zero-order chi connectivity index (χ0) is 24.8. The van der Waals surface area contributed by atoms with E-state index in [4.69, 9.17) is 16.2 Å². The van der Waals surface area contributed by atoms with Crippen molar-refractivity contribution in [3.8, 4) is 11.5 Å². The fourth-order valence-corrected chi connectivity index (χ4v) is 3.82. The number of hydrogen-bond acceptors (Lipinski definition) is 7. The molecule has 1 aliphatic rings. The third-order valence-corrected chi connectivity index (χ3v) is 5.55. The van der Waals surface area contributed by atoms with Crippen LogP contribution in [0.15, 0.2) is 71.9 Å². The Kier molecular flexibility index (Phi) is 10.00. The van der Waals surface area contributed by atoms with Crippen LogP contribution >= 0.6 is 0 Å². The zero-order valence-corrected chi connectivity index (χ0v) is 24.8. The average Bonchev–Trinajstić information content (AvgIpc) is 2.85. The van der Waals surface area contributed by atoms with Crippen LogP contribution in [0.3, 0.4) is 0 Å². The van der Waals surface area contributed by atoms with Crippen molar-refractivity contribution < 1.29 is 77.6 Å². The summed E-state index contributed by atoms with van der Waals surface area (Å²) >= 11 is 0.